The van der Waals surface area contributed by atoms with Crippen LogP contribution in [-0.2, 0) is 5.41 Å². The number of hydrogen-bond donors (Lipinski definition) is 0. The Balaban J connectivity index is 1.20. The van der Waals surface area contributed by atoms with Crippen LogP contribution in [-0.4, -0.2) is 19.1 Å². The summed E-state index contributed by atoms with van der Waals surface area (Å²) < 4.78 is 7.33. The van der Waals surface area contributed by atoms with Crippen molar-refractivity contribution in [2.45, 2.75) is 19.3 Å². The highest BCUT2D eigenvalue weighted by Crippen LogP contribution is 2.57. The molecule has 1 aliphatic carbocycles. The van der Waals surface area contributed by atoms with Gasteiger partial charge in [0.25, 0.3) is 0 Å². The number of aromatic nitrogens is 4. The minimum atomic E-state index is -0.217. The minimum absolute atomic E-state index is 0.217. The van der Waals surface area contributed by atoms with Gasteiger partial charge in [-0.05, 0) is 64.7 Å². The molecule has 13 rings (SSSR count). The van der Waals surface area contributed by atoms with Crippen molar-refractivity contribution in [3.63, 3.8) is 0 Å². The lowest BCUT2D eigenvalue weighted by molar-refractivity contribution is 0.667. The van der Waals surface area contributed by atoms with Gasteiger partial charge in [-0.1, -0.05) is 153 Å². The second-order valence-electron chi connectivity index (χ2n) is 16.5. The smallest absolute Gasteiger partial charge is 0.235 e. The van der Waals surface area contributed by atoms with E-state index >= 15 is 0 Å². The molecule has 0 aliphatic heterocycles. The highest BCUT2D eigenvalue weighted by molar-refractivity contribution is 7.25. The lowest BCUT2D eigenvalue weighted by Gasteiger charge is -2.23. The molecule has 0 saturated carbocycles. The van der Waals surface area contributed by atoms with Crippen molar-refractivity contribution in [3.05, 3.63) is 193 Å². The third kappa shape index (κ3) is 4.55. The Morgan fingerprint density at radius 1 is 0.467 bits per heavy atom. The van der Waals surface area contributed by atoms with Crippen LogP contribution in [0.2, 0.25) is 0 Å². The number of fused-ring (bicyclic) bond motifs is 14. The molecule has 60 heavy (non-hydrogen) atoms. The molecular weight excluding hydrogens is 749 g/mol. The van der Waals surface area contributed by atoms with E-state index in [0.717, 1.165) is 61.0 Å². The zero-order chi connectivity index (χ0) is 39.7. The fourth-order valence-corrected chi connectivity index (χ4v) is 11.5. The number of para-hydroxylation sites is 3. The molecule has 1 aliphatic rings. The molecule has 0 fully saturated rings. The van der Waals surface area contributed by atoms with Crippen LogP contribution in [0.3, 0.4) is 0 Å². The second kappa shape index (κ2) is 12.3. The van der Waals surface area contributed by atoms with Gasteiger partial charge in [0.1, 0.15) is 0 Å². The molecule has 0 spiro atoms. The molecule has 0 unspecified atom stereocenters. The summed E-state index contributed by atoms with van der Waals surface area (Å²) in [4.78, 5) is 11.3. The van der Waals surface area contributed by atoms with Gasteiger partial charge in [-0.15, -0.1) is 11.3 Å². The van der Waals surface area contributed by atoms with Gasteiger partial charge in [-0.25, -0.2) is 9.97 Å². The van der Waals surface area contributed by atoms with E-state index in [1.54, 1.807) is 0 Å². The fraction of sp³-hybridized carbons (Fsp3) is 0.0545. The predicted molar refractivity (Wildman–Crippen MR) is 252 cm³/mol. The number of rotatable bonds is 4. The molecule has 8 aromatic carbocycles. The summed E-state index contributed by atoms with van der Waals surface area (Å²) in [5, 5.41) is 7.40. The van der Waals surface area contributed by atoms with Crippen molar-refractivity contribution in [2.75, 3.05) is 0 Å². The van der Waals surface area contributed by atoms with Gasteiger partial charge in [0, 0.05) is 63.9 Å². The predicted octanol–water partition coefficient (Wildman–Crippen LogP) is 14.7. The van der Waals surface area contributed by atoms with Crippen molar-refractivity contribution in [1.82, 2.24) is 19.1 Å². The summed E-state index contributed by atoms with van der Waals surface area (Å²) in [6, 6.07) is 65.9. The van der Waals surface area contributed by atoms with E-state index in [2.05, 4.69) is 205 Å². The van der Waals surface area contributed by atoms with Crippen molar-refractivity contribution < 1.29 is 0 Å². The van der Waals surface area contributed by atoms with Crippen LogP contribution in [0.1, 0.15) is 25.0 Å². The van der Waals surface area contributed by atoms with Gasteiger partial charge in [0.15, 0.2) is 0 Å². The van der Waals surface area contributed by atoms with Crippen molar-refractivity contribution in [2.24, 2.45) is 0 Å². The van der Waals surface area contributed by atoms with E-state index in [1.165, 1.54) is 53.2 Å². The molecule has 0 N–H and O–H groups in total. The second-order valence-corrected chi connectivity index (χ2v) is 17.6. The molecule has 4 aromatic heterocycles. The van der Waals surface area contributed by atoms with Gasteiger partial charge in [0.2, 0.25) is 5.95 Å². The molecule has 0 bridgehead atoms. The zero-order valence-corrected chi connectivity index (χ0v) is 33.8. The summed E-state index contributed by atoms with van der Waals surface area (Å²) in [5.41, 5.74) is 14.6. The monoisotopic (exact) mass is 784 g/mol. The standard InChI is InChI=1S/C55H36N4S/c1-55(2)42-25-13-9-23-39(42)49-41(31-48-50(51(49)55)40-24-12-16-28-47(40)60-48)44-32-43(33-17-5-3-6-18-33)56-54(57-44)59-46-27-15-11-22-36(46)38-30-29-37-35-21-10-14-26-45(35)58(52(37)53(38)59)34-19-7-4-8-20-34/h3-32H,1-2H3. The van der Waals surface area contributed by atoms with Gasteiger partial charge in [-0.3, -0.25) is 4.57 Å². The number of nitrogens with zero attached hydrogens (tertiary/aromatic N) is 4. The number of benzene rings is 8. The fourth-order valence-electron chi connectivity index (χ4n) is 10.4. The normalized spacial score (nSPS) is 13.3. The Morgan fingerprint density at radius 3 is 1.80 bits per heavy atom. The van der Waals surface area contributed by atoms with Crippen molar-refractivity contribution in [1.29, 1.82) is 0 Å². The van der Waals surface area contributed by atoms with Gasteiger partial charge in [0.05, 0.1) is 33.5 Å². The van der Waals surface area contributed by atoms with Crippen LogP contribution in [0.5, 0.6) is 0 Å². The Bertz CT molecular complexity index is 3740. The van der Waals surface area contributed by atoms with Crippen molar-refractivity contribution >= 4 is 75.1 Å². The maximum atomic E-state index is 5.74. The minimum Gasteiger partial charge on any atom is -0.307 e. The van der Waals surface area contributed by atoms with Crippen LogP contribution in [0, 0.1) is 0 Å². The SMILES string of the molecule is CC1(C)c2ccccc2-c2c(-c3cc(-c4ccccc4)nc(-n4c5ccccc5c5ccc6c7ccccc7n(-c7ccccc7)c6c54)n3)cc3sc4ccccc4c3c21. The average Bonchev–Trinajstić information content (AvgIpc) is 4.02. The largest absolute Gasteiger partial charge is 0.307 e. The highest BCUT2D eigenvalue weighted by Gasteiger charge is 2.40. The molecule has 12 aromatic rings. The zero-order valence-electron chi connectivity index (χ0n) is 33.0. The number of thiophene rings is 1. The molecule has 0 radical (unpaired) electrons. The molecule has 282 valence electrons. The summed E-state index contributed by atoms with van der Waals surface area (Å²) in [6.45, 7) is 4.78. The Morgan fingerprint density at radius 2 is 1.05 bits per heavy atom. The third-order valence-electron chi connectivity index (χ3n) is 12.9. The topological polar surface area (TPSA) is 35.6 Å². The van der Waals surface area contributed by atoms with E-state index < -0.39 is 0 Å². The lowest BCUT2D eigenvalue weighted by Crippen LogP contribution is -2.15. The molecule has 0 saturated heterocycles. The van der Waals surface area contributed by atoms with Gasteiger partial charge < -0.3 is 4.57 Å². The molecule has 5 heteroatoms. The first kappa shape index (κ1) is 33.6. The molecule has 0 amide bonds. The highest BCUT2D eigenvalue weighted by atomic mass is 32.1. The van der Waals surface area contributed by atoms with Crippen LogP contribution in [0.4, 0.5) is 0 Å². The first-order valence-corrected chi connectivity index (χ1v) is 21.4. The Labute approximate surface area is 350 Å². The molecule has 4 nitrogen and oxygen atoms in total. The quantitative estimate of drug-likeness (QED) is 0.178. The average molecular weight is 785 g/mol. The van der Waals surface area contributed by atoms with Crippen LogP contribution >= 0.6 is 11.3 Å². The van der Waals surface area contributed by atoms with E-state index in [1.807, 2.05) is 11.3 Å². The molecule has 0 atom stereocenters. The number of hydrogen-bond acceptors (Lipinski definition) is 3. The molecule has 4 heterocycles. The molecular formula is C55H36N4S. The van der Waals surface area contributed by atoms with Crippen LogP contribution in [0.15, 0.2) is 182 Å². The van der Waals surface area contributed by atoms with Gasteiger partial charge in [-0.2, -0.15) is 0 Å². The van der Waals surface area contributed by atoms with E-state index in [0.29, 0.717) is 5.95 Å². The first-order chi connectivity index (χ1) is 29.5. The van der Waals surface area contributed by atoms with Crippen molar-refractivity contribution in [3.8, 4) is 45.3 Å². The Kier molecular flexibility index (Phi) is 6.91. The summed E-state index contributed by atoms with van der Waals surface area (Å²) in [7, 11) is 0. The van der Waals surface area contributed by atoms with E-state index in [4.69, 9.17) is 9.97 Å². The summed E-state index contributed by atoms with van der Waals surface area (Å²) in [6.07, 6.45) is 0. The van der Waals surface area contributed by atoms with Crippen LogP contribution < -0.4 is 0 Å². The first-order valence-electron chi connectivity index (χ1n) is 20.6. The Hall–Kier alpha value is -7.34. The third-order valence-corrected chi connectivity index (χ3v) is 14.0. The van der Waals surface area contributed by atoms with Crippen LogP contribution in [0.25, 0.3) is 109 Å². The maximum absolute atomic E-state index is 5.74. The van der Waals surface area contributed by atoms with Gasteiger partial charge >= 0.3 is 0 Å². The summed E-state index contributed by atoms with van der Waals surface area (Å²) >= 11 is 1.87. The lowest BCUT2D eigenvalue weighted by atomic mass is 9.80. The summed E-state index contributed by atoms with van der Waals surface area (Å²) in [5.74, 6) is 0.644. The van der Waals surface area contributed by atoms with E-state index in [9.17, 15) is 0 Å². The van der Waals surface area contributed by atoms with E-state index in [-0.39, 0.29) is 5.41 Å². The maximum Gasteiger partial charge on any atom is 0.235 e.